The van der Waals surface area contributed by atoms with Gasteiger partial charge < -0.3 is 10.2 Å². The van der Waals surface area contributed by atoms with Crippen LogP contribution in [0.3, 0.4) is 0 Å². The van der Waals surface area contributed by atoms with Gasteiger partial charge in [-0.15, -0.1) is 0 Å². The lowest BCUT2D eigenvalue weighted by Gasteiger charge is -2.36. The Morgan fingerprint density at radius 3 is 2.76 bits per heavy atom. The average molecular weight is 366 g/mol. The minimum Gasteiger partial charge on any atom is -0.382 e. The monoisotopic (exact) mass is 365 g/mol. The number of aromatic amines is 1. The normalized spacial score (nSPS) is 15.4. The standard InChI is InChI=1S/C17H21ClFN5O/c18-16-14(12-21-22-17(16)25)20-6-3-7-23-8-10-24(11-9-23)15-5-2-1-4-13(15)19/h1-2,4-5,12H,3,6-11H2,(H2,20,22,25). The molecule has 1 aromatic heterocycles. The molecule has 25 heavy (non-hydrogen) atoms. The molecule has 0 bridgehead atoms. The second kappa shape index (κ2) is 8.31. The van der Waals surface area contributed by atoms with Gasteiger partial charge in [0, 0.05) is 32.7 Å². The summed E-state index contributed by atoms with van der Waals surface area (Å²) >= 11 is 5.92. The van der Waals surface area contributed by atoms with Crippen molar-refractivity contribution in [3.05, 3.63) is 51.7 Å². The van der Waals surface area contributed by atoms with Crippen LogP contribution in [0.5, 0.6) is 0 Å². The zero-order chi connectivity index (χ0) is 17.6. The lowest BCUT2D eigenvalue weighted by Crippen LogP contribution is -2.47. The molecule has 0 aliphatic carbocycles. The highest BCUT2D eigenvalue weighted by atomic mass is 35.5. The van der Waals surface area contributed by atoms with Gasteiger partial charge in [-0.1, -0.05) is 23.7 Å². The Balaban J connectivity index is 1.40. The van der Waals surface area contributed by atoms with E-state index in [4.69, 9.17) is 11.6 Å². The zero-order valence-corrected chi connectivity index (χ0v) is 14.6. The maximum absolute atomic E-state index is 13.8. The van der Waals surface area contributed by atoms with E-state index >= 15 is 0 Å². The fourth-order valence-corrected chi connectivity index (χ4v) is 3.11. The van der Waals surface area contributed by atoms with Gasteiger partial charge in [0.15, 0.2) is 0 Å². The van der Waals surface area contributed by atoms with Gasteiger partial charge in [-0.2, -0.15) is 5.10 Å². The second-order valence-corrected chi connectivity index (χ2v) is 6.37. The number of benzene rings is 1. The van der Waals surface area contributed by atoms with Gasteiger partial charge in [-0.3, -0.25) is 9.69 Å². The SMILES string of the molecule is O=c1[nH]ncc(NCCCN2CCN(c3ccccc3F)CC2)c1Cl. The molecule has 134 valence electrons. The molecule has 0 unspecified atom stereocenters. The van der Waals surface area contributed by atoms with E-state index in [1.807, 2.05) is 12.1 Å². The molecular formula is C17H21ClFN5O. The summed E-state index contributed by atoms with van der Waals surface area (Å²) in [6.45, 7) is 5.09. The first-order valence-electron chi connectivity index (χ1n) is 8.34. The highest BCUT2D eigenvalue weighted by Gasteiger charge is 2.18. The lowest BCUT2D eigenvalue weighted by atomic mass is 10.2. The predicted octanol–water partition coefficient (Wildman–Crippen LogP) is 2.19. The van der Waals surface area contributed by atoms with Crippen LogP contribution in [0.2, 0.25) is 5.02 Å². The maximum atomic E-state index is 13.8. The number of nitrogens with one attached hydrogen (secondary N) is 2. The highest BCUT2D eigenvalue weighted by molar-refractivity contribution is 6.32. The van der Waals surface area contributed by atoms with Crippen LogP contribution in [0.15, 0.2) is 35.3 Å². The van der Waals surface area contributed by atoms with E-state index in [0.717, 1.165) is 39.1 Å². The van der Waals surface area contributed by atoms with Gasteiger partial charge in [0.1, 0.15) is 10.8 Å². The zero-order valence-electron chi connectivity index (χ0n) is 13.8. The Labute approximate surface area is 150 Å². The predicted molar refractivity (Wildman–Crippen MR) is 98.0 cm³/mol. The number of H-pyrrole nitrogens is 1. The largest absolute Gasteiger partial charge is 0.382 e. The van der Waals surface area contributed by atoms with E-state index in [-0.39, 0.29) is 10.8 Å². The van der Waals surface area contributed by atoms with Crippen molar-refractivity contribution >= 4 is 23.0 Å². The number of nitrogens with zero attached hydrogens (tertiary/aromatic N) is 3. The number of para-hydroxylation sites is 1. The molecule has 2 N–H and O–H groups in total. The first-order chi connectivity index (χ1) is 12.1. The highest BCUT2D eigenvalue weighted by Crippen LogP contribution is 2.20. The molecule has 0 saturated carbocycles. The third kappa shape index (κ3) is 4.49. The Kier molecular flexibility index (Phi) is 5.88. The molecule has 0 radical (unpaired) electrons. The number of anilines is 2. The number of hydrogen-bond acceptors (Lipinski definition) is 5. The Hall–Kier alpha value is -2.12. The third-order valence-corrected chi connectivity index (χ3v) is 4.70. The molecular weight excluding hydrogens is 345 g/mol. The topological polar surface area (TPSA) is 64.3 Å². The van der Waals surface area contributed by atoms with Crippen molar-refractivity contribution in [2.45, 2.75) is 6.42 Å². The van der Waals surface area contributed by atoms with E-state index in [9.17, 15) is 9.18 Å². The summed E-state index contributed by atoms with van der Waals surface area (Å²) < 4.78 is 13.8. The van der Waals surface area contributed by atoms with Crippen molar-refractivity contribution in [1.29, 1.82) is 0 Å². The van der Waals surface area contributed by atoms with Crippen LogP contribution in [-0.4, -0.2) is 54.4 Å². The molecule has 0 spiro atoms. The van der Waals surface area contributed by atoms with Crippen LogP contribution in [-0.2, 0) is 0 Å². The summed E-state index contributed by atoms with van der Waals surface area (Å²) in [4.78, 5) is 15.8. The quantitative estimate of drug-likeness (QED) is 0.768. The molecule has 1 saturated heterocycles. The van der Waals surface area contributed by atoms with E-state index < -0.39 is 5.56 Å². The van der Waals surface area contributed by atoms with Gasteiger partial charge >= 0.3 is 0 Å². The van der Waals surface area contributed by atoms with Gasteiger partial charge in [-0.25, -0.2) is 9.49 Å². The van der Waals surface area contributed by atoms with Crippen molar-refractivity contribution in [2.24, 2.45) is 0 Å². The molecule has 1 fully saturated rings. The molecule has 1 aromatic carbocycles. The van der Waals surface area contributed by atoms with E-state index in [0.29, 0.717) is 17.9 Å². The second-order valence-electron chi connectivity index (χ2n) is 5.99. The molecule has 0 amide bonds. The first kappa shape index (κ1) is 17.7. The number of rotatable bonds is 6. The fraction of sp³-hybridized carbons (Fsp3) is 0.412. The molecule has 1 aliphatic heterocycles. The van der Waals surface area contributed by atoms with Gasteiger partial charge in [-0.05, 0) is 25.1 Å². The molecule has 8 heteroatoms. The summed E-state index contributed by atoms with van der Waals surface area (Å²) in [5.41, 5.74) is 0.839. The third-order valence-electron chi connectivity index (χ3n) is 4.33. The van der Waals surface area contributed by atoms with Crippen LogP contribution in [0.1, 0.15) is 6.42 Å². The molecule has 2 heterocycles. The summed E-state index contributed by atoms with van der Waals surface area (Å²) in [5, 5.41) is 9.28. The minimum atomic E-state index is -0.393. The summed E-state index contributed by atoms with van der Waals surface area (Å²) in [6.07, 6.45) is 2.43. The van der Waals surface area contributed by atoms with Crippen LogP contribution in [0.4, 0.5) is 15.8 Å². The number of aromatic nitrogens is 2. The lowest BCUT2D eigenvalue weighted by molar-refractivity contribution is 0.256. The van der Waals surface area contributed by atoms with Gasteiger partial charge in [0.05, 0.1) is 17.6 Å². The average Bonchev–Trinajstić information content (AvgIpc) is 2.63. The summed E-state index contributed by atoms with van der Waals surface area (Å²) in [5.74, 6) is -0.163. The molecule has 1 aliphatic rings. The summed E-state index contributed by atoms with van der Waals surface area (Å²) in [7, 11) is 0. The van der Waals surface area contributed by atoms with E-state index in [2.05, 4.69) is 25.3 Å². The number of halogens is 2. The molecule has 2 aromatic rings. The van der Waals surface area contributed by atoms with Crippen molar-refractivity contribution in [3.8, 4) is 0 Å². The Morgan fingerprint density at radius 2 is 2.00 bits per heavy atom. The Bertz CT molecular complexity index is 761. The van der Waals surface area contributed by atoms with Crippen LogP contribution in [0, 0.1) is 5.82 Å². The van der Waals surface area contributed by atoms with Gasteiger partial charge in [0.25, 0.3) is 5.56 Å². The van der Waals surface area contributed by atoms with Crippen LogP contribution >= 0.6 is 11.6 Å². The van der Waals surface area contributed by atoms with Crippen molar-refractivity contribution in [3.63, 3.8) is 0 Å². The maximum Gasteiger partial charge on any atom is 0.285 e. The summed E-state index contributed by atoms with van der Waals surface area (Å²) in [6, 6.07) is 6.91. The fourth-order valence-electron chi connectivity index (χ4n) is 2.95. The number of hydrogen-bond donors (Lipinski definition) is 2. The van der Waals surface area contributed by atoms with Crippen molar-refractivity contribution < 1.29 is 4.39 Å². The smallest absolute Gasteiger partial charge is 0.285 e. The van der Waals surface area contributed by atoms with Crippen LogP contribution < -0.4 is 15.8 Å². The minimum absolute atomic E-state index is 0.133. The van der Waals surface area contributed by atoms with Crippen molar-refractivity contribution in [1.82, 2.24) is 15.1 Å². The van der Waals surface area contributed by atoms with Crippen LogP contribution in [0.25, 0.3) is 0 Å². The number of piperazine rings is 1. The van der Waals surface area contributed by atoms with Gasteiger partial charge in [0.2, 0.25) is 0 Å². The van der Waals surface area contributed by atoms with E-state index in [1.165, 1.54) is 12.3 Å². The molecule has 6 nitrogen and oxygen atoms in total. The van der Waals surface area contributed by atoms with E-state index in [1.54, 1.807) is 6.07 Å². The Morgan fingerprint density at radius 1 is 1.24 bits per heavy atom. The molecule has 3 rings (SSSR count). The van der Waals surface area contributed by atoms with Crippen molar-refractivity contribution in [2.75, 3.05) is 49.5 Å². The molecule has 0 atom stereocenters. The first-order valence-corrected chi connectivity index (χ1v) is 8.72.